The molecule has 1 amide bonds. The molecule has 1 rings (SSSR count). The molecule has 4 heteroatoms. The number of nitrogens with two attached hydrogens (primary N) is 1. The maximum absolute atomic E-state index is 12.8. The SMILES string of the molecule is CCC(CC)N(CCO)C(=O)C(C)(N)c1ccccc1. The summed E-state index contributed by atoms with van der Waals surface area (Å²) < 4.78 is 0. The molecule has 20 heavy (non-hydrogen) atoms. The van der Waals surface area contributed by atoms with Crippen molar-refractivity contribution in [2.45, 2.75) is 45.2 Å². The lowest BCUT2D eigenvalue weighted by Gasteiger charge is -2.36. The lowest BCUT2D eigenvalue weighted by molar-refractivity contribution is -0.140. The highest BCUT2D eigenvalue weighted by molar-refractivity contribution is 5.87. The number of benzene rings is 1. The van der Waals surface area contributed by atoms with Crippen LogP contribution >= 0.6 is 0 Å². The molecule has 0 aliphatic heterocycles. The van der Waals surface area contributed by atoms with E-state index in [1.807, 2.05) is 44.2 Å². The van der Waals surface area contributed by atoms with Crippen molar-refractivity contribution < 1.29 is 9.90 Å². The van der Waals surface area contributed by atoms with E-state index in [4.69, 9.17) is 5.73 Å². The van der Waals surface area contributed by atoms with Crippen molar-refractivity contribution in [3.8, 4) is 0 Å². The zero-order valence-electron chi connectivity index (χ0n) is 12.7. The number of hydrogen-bond acceptors (Lipinski definition) is 3. The van der Waals surface area contributed by atoms with Gasteiger partial charge in [0.2, 0.25) is 5.91 Å². The zero-order chi connectivity index (χ0) is 15.2. The Kier molecular flexibility index (Phi) is 6.17. The second kappa shape index (κ2) is 7.41. The normalized spacial score (nSPS) is 14.1. The molecule has 0 aliphatic rings. The van der Waals surface area contributed by atoms with Gasteiger partial charge in [0.05, 0.1) is 6.61 Å². The summed E-state index contributed by atoms with van der Waals surface area (Å²) in [6.45, 7) is 6.10. The fourth-order valence-electron chi connectivity index (χ4n) is 2.49. The number of aliphatic hydroxyl groups excluding tert-OH is 1. The van der Waals surface area contributed by atoms with E-state index in [0.29, 0.717) is 6.54 Å². The van der Waals surface area contributed by atoms with Gasteiger partial charge in [-0.3, -0.25) is 4.79 Å². The van der Waals surface area contributed by atoms with Crippen LogP contribution in [0, 0.1) is 0 Å². The summed E-state index contributed by atoms with van der Waals surface area (Å²) in [6, 6.07) is 9.49. The van der Waals surface area contributed by atoms with Crippen molar-refractivity contribution in [3.05, 3.63) is 35.9 Å². The average molecular weight is 278 g/mol. The van der Waals surface area contributed by atoms with Gasteiger partial charge in [0.15, 0.2) is 0 Å². The number of nitrogens with zero attached hydrogens (tertiary/aromatic N) is 1. The molecule has 0 aromatic heterocycles. The molecule has 0 heterocycles. The summed E-state index contributed by atoms with van der Waals surface area (Å²) in [4.78, 5) is 14.5. The Bertz CT molecular complexity index is 414. The molecule has 0 saturated carbocycles. The fraction of sp³-hybridized carbons (Fsp3) is 0.562. The minimum absolute atomic E-state index is 0.0485. The van der Waals surface area contributed by atoms with Gasteiger partial charge in [0.1, 0.15) is 5.54 Å². The van der Waals surface area contributed by atoms with Crippen LogP contribution in [0.15, 0.2) is 30.3 Å². The molecular formula is C16H26N2O2. The van der Waals surface area contributed by atoms with Crippen molar-refractivity contribution in [2.75, 3.05) is 13.2 Å². The number of carbonyl (C=O) groups excluding carboxylic acids is 1. The Balaban J connectivity index is 3.04. The number of rotatable bonds is 7. The van der Waals surface area contributed by atoms with Crippen LogP contribution in [0.4, 0.5) is 0 Å². The smallest absolute Gasteiger partial charge is 0.247 e. The lowest BCUT2D eigenvalue weighted by Crippen LogP contribution is -2.54. The fourth-order valence-corrected chi connectivity index (χ4v) is 2.49. The molecule has 1 aromatic rings. The van der Waals surface area contributed by atoms with Crippen LogP contribution in [-0.4, -0.2) is 35.1 Å². The molecule has 0 aliphatic carbocycles. The van der Waals surface area contributed by atoms with E-state index in [9.17, 15) is 9.90 Å². The third-order valence-electron chi connectivity index (χ3n) is 3.80. The van der Waals surface area contributed by atoms with Gasteiger partial charge in [0, 0.05) is 12.6 Å². The zero-order valence-corrected chi connectivity index (χ0v) is 12.7. The van der Waals surface area contributed by atoms with Gasteiger partial charge in [-0.1, -0.05) is 44.2 Å². The second-order valence-corrected chi connectivity index (χ2v) is 5.26. The summed E-state index contributed by atoms with van der Waals surface area (Å²) in [6.07, 6.45) is 1.71. The van der Waals surface area contributed by atoms with Crippen molar-refractivity contribution in [1.29, 1.82) is 0 Å². The molecule has 112 valence electrons. The van der Waals surface area contributed by atoms with Gasteiger partial charge in [-0.25, -0.2) is 0 Å². The van der Waals surface area contributed by atoms with Gasteiger partial charge < -0.3 is 15.7 Å². The number of hydrogen-bond donors (Lipinski definition) is 2. The molecule has 0 bridgehead atoms. The molecule has 0 fully saturated rings. The molecule has 0 radical (unpaired) electrons. The minimum Gasteiger partial charge on any atom is -0.395 e. The first kappa shape index (κ1) is 16.7. The Hall–Kier alpha value is -1.39. The third-order valence-corrected chi connectivity index (χ3v) is 3.80. The van der Waals surface area contributed by atoms with E-state index in [1.165, 1.54) is 0 Å². The van der Waals surface area contributed by atoms with Crippen LogP contribution in [0.1, 0.15) is 39.2 Å². The summed E-state index contributed by atoms with van der Waals surface area (Å²) in [5, 5.41) is 9.23. The van der Waals surface area contributed by atoms with E-state index in [1.54, 1.807) is 11.8 Å². The first-order chi connectivity index (χ1) is 9.48. The first-order valence-electron chi connectivity index (χ1n) is 7.25. The van der Waals surface area contributed by atoms with Crippen LogP contribution in [0.2, 0.25) is 0 Å². The second-order valence-electron chi connectivity index (χ2n) is 5.26. The standard InChI is InChI=1S/C16H26N2O2/c1-4-14(5-2)18(11-12-19)15(20)16(3,17)13-9-7-6-8-10-13/h6-10,14,19H,4-5,11-12,17H2,1-3H3. The maximum Gasteiger partial charge on any atom is 0.247 e. The summed E-state index contributed by atoms with van der Waals surface area (Å²) in [5.74, 6) is -0.133. The molecule has 3 N–H and O–H groups in total. The average Bonchev–Trinajstić information content (AvgIpc) is 2.47. The van der Waals surface area contributed by atoms with Crippen LogP contribution in [0.5, 0.6) is 0 Å². The number of carbonyl (C=O) groups is 1. The van der Waals surface area contributed by atoms with Crippen molar-refractivity contribution in [3.63, 3.8) is 0 Å². The van der Waals surface area contributed by atoms with Crippen molar-refractivity contribution in [1.82, 2.24) is 4.90 Å². The molecule has 4 nitrogen and oxygen atoms in total. The Morgan fingerprint density at radius 2 is 1.85 bits per heavy atom. The van der Waals surface area contributed by atoms with Crippen LogP contribution in [0.3, 0.4) is 0 Å². The molecule has 0 spiro atoms. The quantitative estimate of drug-likeness (QED) is 0.800. The van der Waals surface area contributed by atoms with E-state index in [2.05, 4.69) is 0 Å². The maximum atomic E-state index is 12.8. The number of aliphatic hydroxyl groups is 1. The summed E-state index contributed by atoms with van der Waals surface area (Å²) >= 11 is 0. The minimum atomic E-state index is -1.07. The largest absolute Gasteiger partial charge is 0.395 e. The van der Waals surface area contributed by atoms with Crippen LogP contribution in [-0.2, 0) is 10.3 Å². The summed E-state index contributed by atoms with van der Waals surface area (Å²) in [7, 11) is 0. The Morgan fingerprint density at radius 3 is 2.30 bits per heavy atom. The summed E-state index contributed by atoms with van der Waals surface area (Å²) in [5.41, 5.74) is 6.01. The lowest BCUT2D eigenvalue weighted by atomic mass is 9.90. The molecular weight excluding hydrogens is 252 g/mol. The topological polar surface area (TPSA) is 66.6 Å². The van der Waals surface area contributed by atoms with Gasteiger partial charge in [0.25, 0.3) is 0 Å². The molecule has 1 atom stereocenters. The highest BCUT2D eigenvalue weighted by atomic mass is 16.3. The van der Waals surface area contributed by atoms with Gasteiger partial charge in [-0.15, -0.1) is 0 Å². The van der Waals surface area contributed by atoms with Crippen molar-refractivity contribution >= 4 is 5.91 Å². The number of amides is 1. The first-order valence-corrected chi connectivity index (χ1v) is 7.25. The highest BCUT2D eigenvalue weighted by Crippen LogP contribution is 2.23. The highest BCUT2D eigenvalue weighted by Gasteiger charge is 2.36. The molecule has 1 aromatic carbocycles. The van der Waals surface area contributed by atoms with E-state index >= 15 is 0 Å². The van der Waals surface area contributed by atoms with Gasteiger partial charge >= 0.3 is 0 Å². The van der Waals surface area contributed by atoms with Gasteiger partial charge in [-0.2, -0.15) is 0 Å². The van der Waals surface area contributed by atoms with Crippen LogP contribution in [0.25, 0.3) is 0 Å². The van der Waals surface area contributed by atoms with Crippen molar-refractivity contribution in [2.24, 2.45) is 5.73 Å². The third kappa shape index (κ3) is 3.58. The Morgan fingerprint density at radius 1 is 1.30 bits per heavy atom. The monoisotopic (exact) mass is 278 g/mol. The van der Waals surface area contributed by atoms with Gasteiger partial charge in [-0.05, 0) is 25.3 Å². The predicted octanol–water partition coefficient (Wildman–Crippen LogP) is 1.87. The van der Waals surface area contributed by atoms with E-state index < -0.39 is 5.54 Å². The molecule has 1 unspecified atom stereocenters. The van der Waals surface area contributed by atoms with E-state index in [-0.39, 0.29) is 18.6 Å². The molecule has 0 saturated heterocycles. The Labute approximate surface area is 121 Å². The van der Waals surface area contributed by atoms with Crippen LogP contribution < -0.4 is 5.73 Å². The van der Waals surface area contributed by atoms with E-state index in [0.717, 1.165) is 18.4 Å². The predicted molar refractivity (Wildman–Crippen MR) is 81.2 cm³/mol.